The van der Waals surface area contributed by atoms with Gasteiger partial charge >= 0.3 is 5.97 Å². The van der Waals surface area contributed by atoms with E-state index in [0.29, 0.717) is 23.0 Å². The Kier molecular flexibility index (Phi) is 8.83. The topological polar surface area (TPSA) is 95.9 Å². The molecule has 35 heavy (non-hydrogen) atoms. The highest BCUT2D eigenvalue weighted by Crippen LogP contribution is 2.59. The van der Waals surface area contributed by atoms with Crippen molar-refractivity contribution in [2.24, 2.45) is 11.3 Å². The van der Waals surface area contributed by atoms with Crippen molar-refractivity contribution < 1.29 is 23.9 Å². The summed E-state index contributed by atoms with van der Waals surface area (Å²) in [5.74, 6) is -1.35. The van der Waals surface area contributed by atoms with Crippen molar-refractivity contribution in [3.05, 3.63) is 45.8 Å². The quantitative estimate of drug-likeness (QED) is 0.320. The van der Waals surface area contributed by atoms with E-state index in [1.165, 1.54) is 28.4 Å². The Morgan fingerprint density at radius 3 is 2.43 bits per heavy atom. The Morgan fingerprint density at radius 1 is 1.23 bits per heavy atom. The van der Waals surface area contributed by atoms with Crippen molar-refractivity contribution in [3.8, 4) is 0 Å². The summed E-state index contributed by atoms with van der Waals surface area (Å²) in [5, 5.41) is 12.5. The highest BCUT2D eigenvalue weighted by molar-refractivity contribution is 8.22. The van der Waals surface area contributed by atoms with Gasteiger partial charge in [-0.1, -0.05) is 69.8 Å². The first-order valence-electron chi connectivity index (χ1n) is 12.0. The summed E-state index contributed by atoms with van der Waals surface area (Å²) in [6.07, 6.45) is 0.939. The molecule has 0 saturated carbocycles. The van der Waals surface area contributed by atoms with Crippen molar-refractivity contribution in [3.63, 3.8) is 0 Å². The summed E-state index contributed by atoms with van der Waals surface area (Å²) >= 11 is 2.76. The van der Waals surface area contributed by atoms with Crippen LogP contribution in [0.2, 0.25) is 13.1 Å². The fourth-order valence-corrected chi connectivity index (χ4v) is 9.33. The van der Waals surface area contributed by atoms with Gasteiger partial charge in [0.25, 0.3) is 0 Å². The zero-order valence-electron chi connectivity index (χ0n) is 21.3. The molecule has 3 atom stereocenters. The first-order chi connectivity index (χ1) is 16.4. The molecule has 2 N–H and O–H groups in total. The van der Waals surface area contributed by atoms with Crippen molar-refractivity contribution in [2.45, 2.75) is 71.2 Å². The number of hydrogen-bond donors (Lipinski definition) is 2. The molecule has 2 aliphatic rings. The third kappa shape index (κ3) is 5.65. The van der Waals surface area contributed by atoms with E-state index in [1.54, 1.807) is 0 Å². The Hall–Kier alpha value is -1.75. The summed E-state index contributed by atoms with van der Waals surface area (Å²) < 4.78 is 7.19. The van der Waals surface area contributed by atoms with Crippen LogP contribution < -0.4 is 5.32 Å². The van der Waals surface area contributed by atoms with E-state index in [0.717, 1.165) is 5.56 Å². The number of carboxylic acid groups (broad SMARTS) is 1. The lowest BCUT2D eigenvalue weighted by Crippen LogP contribution is -2.70. The molecule has 10 heteroatoms. The average Bonchev–Trinajstić information content (AvgIpc) is 3.11. The van der Waals surface area contributed by atoms with Gasteiger partial charge in [0.2, 0.25) is 11.8 Å². The maximum absolute atomic E-state index is 13.4. The van der Waals surface area contributed by atoms with Gasteiger partial charge in [-0.2, -0.15) is 0 Å². The number of β-lactam (4-membered cyclic amide) rings is 1. The molecule has 1 fully saturated rings. The highest BCUT2D eigenvalue weighted by Gasteiger charge is 2.66. The number of amides is 2. The molecule has 1 aromatic carbocycles. The van der Waals surface area contributed by atoms with Gasteiger partial charge in [-0.05, 0) is 30.5 Å². The van der Waals surface area contributed by atoms with Crippen molar-refractivity contribution >= 4 is 50.3 Å². The van der Waals surface area contributed by atoms with E-state index in [4.69, 9.17) is 4.43 Å². The van der Waals surface area contributed by atoms with Crippen LogP contribution >= 0.6 is 23.5 Å². The number of carbonyl (C=O) groups excluding carboxylic acids is 2. The van der Waals surface area contributed by atoms with E-state index in [2.05, 4.69) is 39.2 Å². The summed E-state index contributed by atoms with van der Waals surface area (Å²) in [5.41, 5.74) is 0.119. The molecule has 192 valence electrons. The van der Waals surface area contributed by atoms with E-state index in [1.807, 2.05) is 37.3 Å². The summed E-state index contributed by atoms with van der Waals surface area (Å²) in [6.45, 7) is 13.0. The zero-order valence-corrected chi connectivity index (χ0v) is 24.1. The van der Waals surface area contributed by atoms with Gasteiger partial charge in [-0.15, -0.1) is 11.8 Å². The predicted octanol–water partition coefficient (Wildman–Crippen LogP) is 4.41. The smallest absolute Gasteiger partial charge is 0.354 e. The molecule has 7 nitrogen and oxygen atoms in total. The molecule has 0 aromatic heterocycles. The molecule has 1 saturated heterocycles. The Morgan fingerprint density at radius 2 is 1.89 bits per heavy atom. The number of fused-ring (bicyclic) bond motifs is 1. The minimum Gasteiger partial charge on any atom is -0.477 e. The first-order valence-corrected chi connectivity index (χ1v) is 16.7. The van der Waals surface area contributed by atoms with Crippen LogP contribution in [0.4, 0.5) is 0 Å². The van der Waals surface area contributed by atoms with Crippen LogP contribution in [-0.4, -0.2) is 53.6 Å². The lowest BCUT2D eigenvalue weighted by molar-refractivity contribution is -0.177. The molecule has 2 heterocycles. The second-order valence-electron chi connectivity index (χ2n) is 10.2. The van der Waals surface area contributed by atoms with Gasteiger partial charge in [-0.3, -0.25) is 14.5 Å². The number of rotatable bonds is 11. The molecule has 0 bridgehead atoms. The number of carboxylic acids is 1. The van der Waals surface area contributed by atoms with Crippen molar-refractivity contribution in [1.29, 1.82) is 0 Å². The van der Waals surface area contributed by atoms with E-state index in [-0.39, 0.29) is 34.7 Å². The molecular formula is C25H36N2O5S2Si. The normalized spacial score (nSPS) is 21.6. The minimum absolute atomic E-state index is 0.0386. The number of benzene rings is 1. The number of nitrogens with one attached hydrogen (secondary N) is 1. The molecule has 2 amide bonds. The second kappa shape index (κ2) is 11.1. The van der Waals surface area contributed by atoms with Gasteiger partial charge in [0, 0.05) is 18.7 Å². The number of thioether (sulfide) groups is 2. The fraction of sp³-hybridized carbons (Fsp3) is 0.560. The summed E-state index contributed by atoms with van der Waals surface area (Å²) in [6, 6.07) is 9.68. The molecule has 1 aromatic rings. The highest BCUT2D eigenvalue weighted by atomic mass is 32.2. The van der Waals surface area contributed by atoms with Crippen LogP contribution in [0.3, 0.4) is 0 Å². The van der Waals surface area contributed by atoms with E-state index < -0.39 is 26.5 Å². The van der Waals surface area contributed by atoms with Crippen LogP contribution in [0.5, 0.6) is 0 Å². The average molecular weight is 537 g/mol. The minimum atomic E-state index is -1.49. The number of carbonyl (C=O) groups is 3. The second-order valence-corrected chi connectivity index (χ2v) is 15.0. The molecule has 0 radical (unpaired) electrons. The number of aliphatic carboxylic acids is 1. The molecule has 3 rings (SSSR count). The lowest BCUT2D eigenvalue weighted by Gasteiger charge is -2.57. The van der Waals surface area contributed by atoms with Crippen LogP contribution in [0.25, 0.3) is 0 Å². The standard InChI is InChI=1S/C25H36N2O5S2Si/c1-7-25(24(2,3)4,32-35(5)6)18-20(29)27-19(22(30)31)23(34-21(18)27)33-14-13-17(28)26-15-16-11-9-8-10-12-16/h8-12,18,21,35H,7,13-15H2,1-6H3,(H,26,28)(H,30,31)/t18-,21-,25+/m1/s1. The van der Waals surface area contributed by atoms with Gasteiger partial charge in [0.15, 0.2) is 14.7 Å². The Balaban J connectivity index is 1.68. The Bertz CT molecular complexity index is 995. The molecule has 0 aliphatic carbocycles. The number of nitrogens with zero attached hydrogens (tertiary/aromatic N) is 1. The van der Waals surface area contributed by atoms with Gasteiger partial charge in [0.1, 0.15) is 5.37 Å². The SMILES string of the molecule is CC[C@](O[SiH](C)C)([C@@H]1C(=O)N2C(C(=O)O)=C(SCCC(=O)NCc3ccccc3)S[C@H]12)C(C)(C)C. The largest absolute Gasteiger partial charge is 0.477 e. The monoisotopic (exact) mass is 536 g/mol. The van der Waals surface area contributed by atoms with Gasteiger partial charge in [-0.25, -0.2) is 4.79 Å². The summed E-state index contributed by atoms with van der Waals surface area (Å²) in [4.78, 5) is 39.3. The van der Waals surface area contributed by atoms with Gasteiger partial charge in [0.05, 0.1) is 15.8 Å². The van der Waals surface area contributed by atoms with E-state index in [9.17, 15) is 19.5 Å². The van der Waals surface area contributed by atoms with Crippen LogP contribution in [0, 0.1) is 11.3 Å². The molecule has 0 unspecified atom stereocenters. The molecule has 2 aliphatic heterocycles. The van der Waals surface area contributed by atoms with Crippen LogP contribution in [0.15, 0.2) is 40.3 Å². The molecule has 0 spiro atoms. The third-order valence-electron chi connectivity index (χ3n) is 6.55. The van der Waals surface area contributed by atoms with E-state index >= 15 is 0 Å². The maximum Gasteiger partial charge on any atom is 0.354 e. The molecular weight excluding hydrogens is 501 g/mol. The Labute approximate surface area is 218 Å². The van der Waals surface area contributed by atoms with Crippen LogP contribution in [0.1, 0.15) is 46.1 Å². The van der Waals surface area contributed by atoms with Gasteiger partial charge < -0.3 is 14.8 Å². The van der Waals surface area contributed by atoms with Crippen molar-refractivity contribution in [2.75, 3.05) is 5.75 Å². The first kappa shape index (κ1) is 27.8. The maximum atomic E-state index is 13.4. The summed E-state index contributed by atoms with van der Waals surface area (Å²) in [7, 11) is -1.49. The van der Waals surface area contributed by atoms with Crippen LogP contribution in [-0.2, 0) is 25.4 Å². The van der Waals surface area contributed by atoms with Crippen molar-refractivity contribution in [1.82, 2.24) is 10.2 Å². The third-order valence-corrected chi connectivity index (χ3v) is 10.1. The predicted molar refractivity (Wildman–Crippen MR) is 144 cm³/mol. The fourth-order valence-electron chi connectivity index (χ4n) is 4.90. The lowest BCUT2D eigenvalue weighted by atomic mass is 9.64. The zero-order chi connectivity index (χ0) is 26.0. The number of hydrogen-bond acceptors (Lipinski definition) is 6.